The highest BCUT2D eigenvalue weighted by Crippen LogP contribution is 2.30. The second-order valence-electron chi connectivity index (χ2n) is 4.23. The van der Waals surface area contributed by atoms with E-state index in [0.717, 1.165) is 16.3 Å². The molecular formula is C14H17NO2. The Morgan fingerprint density at radius 3 is 2.76 bits per heavy atom. The standard InChI is InChI=1S/C14H17NO2/c1-3-14(16,10-17-2)13-9-15-8-11-6-4-5-7-12(11)13/h4-9,16H,3,10H2,1-2H3. The molecule has 1 unspecified atom stereocenters. The van der Waals surface area contributed by atoms with Crippen LogP contribution in [0.2, 0.25) is 0 Å². The molecule has 17 heavy (non-hydrogen) atoms. The second-order valence-corrected chi connectivity index (χ2v) is 4.23. The molecule has 0 radical (unpaired) electrons. The molecule has 2 rings (SSSR count). The molecule has 1 aromatic heterocycles. The zero-order valence-corrected chi connectivity index (χ0v) is 10.2. The van der Waals surface area contributed by atoms with Gasteiger partial charge in [-0.05, 0) is 11.8 Å². The van der Waals surface area contributed by atoms with E-state index in [1.165, 1.54) is 0 Å². The SMILES string of the molecule is CCC(O)(COC)c1cncc2ccccc12. The summed E-state index contributed by atoms with van der Waals surface area (Å²) < 4.78 is 5.12. The van der Waals surface area contributed by atoms with Crippen LogP contribution in [0.25, 0.3) is 10.8 Å². The predicted molar refractivity (Wildman–Crippen MR) is 67.8 cm³/mol. The monoisotopic (exact) mass is 231 g/mol. The van der Waals surface area contributed by atoms with E-state index < -0.39 is 5.60 Å². The van der Waals surface area contributed by atoms with Crippen molar-refractivity contribution in [2.45, 2.75) is 18.9 Å². The van der Waals surface area contributed by atoms with E-state index in [1.54, 1.807) is 13.3 Å². The van der Waals surface area contributed by atoms with Gasteiger partial charge < -0.3 is 9.84 Å². The van der Waals surface area contributed by atoms with Crippen LogP contribution in [0.5, 0.6) is 0 Å². The maximum atomic E-state index is 10.6. The van der Waals surface area contributed by atoms with Crippen LogP contribution in [0.4, 0.5) is 0 Å². The van der Waals surface area contributed by atoms with Crippen molar-refractivity contribution in [1.29, 1.82) is 0 Å². The Morgan fingerprint density at radius 2 is 2.06 bits per heavy atom. The van der Waals surface area contributed by atoms with E-state index in [0.29, 0.717) is 6.42 Å². The van der Waals surface area contributed by atoms with Crippen LogP contribution in [-0.2, 0) is 10.3 Å². The molecule has 1 heterocycles. The minimum absolute atomic E-state index is 0.277. The number of ether oxygens (including phenoxy) is 1. The van der Waals surface area contributed by atoms with Gasteiger partial charge in [-0.2, -0.15) is 0 Å². The van der Waals surface area contributed by atoms with E-state index in [2.05, 4.69) is 4.98 Å². The zero-order valence-electron chi connectivity index (χ0n) is 10.2. The van der Waals surface area contributed by atoms with Gasteiger partial charge in [0.15, 0.2) is 0 Å². The molecule has 0 aliphatic heterocycles. The summed E-state index contributed by atoms with van der Waals surface area (Å²) in [6.45, 7) is 2.22. The highest BCUT2D eigenvalue weighted by Gasteiger charge is 2.29. The third kappa shape index (κ3) is 2.16. The first kappa shape index (κ1) is 12.0. The fraction of sp³-hybridized carbons (Fsp3) is 0.357. The average Bonchev–Trinajstić information content (AvgIpc) is 2.38. The predicted octanol–water partition coefficient (Wildman–Crippen LogP) is 2.48. The summed E-state index contributed by atoms with van der Waals surface area (Å²) in [5.41, 5.74) is -0.136. The highest BCUT2D eigenvalue weighted by atomic mass is 16.5. The van der Waals surface area contributed by atoms with E-state index >= 15 is 0 Å². The van der Waals surface area contributed by atoms with Crippen molar-refractivity contribution in [3.63, 3.8) is 0 Å². The van der Waals surface area contributed by atoms with Gasteiger partial charge in [0, 0.05) is 30.5 Å². The Labute approximate surface area is 101 Å². The number of aliphatic hydroxyl groups is 1. The largest absolute Gasteiger partial charge is 0.383 e. The third-order valence-corrected chi connectivity index (χ3v) is 3.14. The quantitative estimate of drug-likeness (QED) is 0.879. The molecule has 1 atom stereocenters. The fourth-order valence-electron chi connectivity index (χ4n) is 2.10. The van der Waals surface area contributed by atoms with Crippen molar-refractivity contribution in [1.82, 2.24) is 4.98 Å². The van der Waals surface area contributed by atoms with Gasteiger partial charge in [0.25, 0.3) is 0 Å². The maximum Gasteiger partial charge on any atom is 0.115 e. The molecule has 0 aliphatic carbocycles. The van der Waals surface area contributed by atoms with Gasteiger partial charge in [-0.15, -0.1) is 0 Å². The molecule has 0 saturated carbocycles. The molecule has 2 aromatic rings. The number of rotatable bonds is 4. The van der Waals surface area contributed by atoms with Crippen molar-refractivity contribution >= 4 is 10.8 Å². The summed E-state index contributed by atoms with van der Waals surface area (Å²) in [4.78, 5) is 4.19. The molecule has 0 spiro atoms. The minimum atomic E-state index is -0.970. The molecule has 0 bridgehead atoms. The summed E-state index contributed by atoms with van der Waals surface area (Å²) in [6, 6.07) is 7.93. The van der Waals surface area contributed by atoms with Gasteiger partial charge in [-0.1, -0.05) is 31.2 Å². The minimum Gasteiger partial charge on any atom is -0.383 e. The number of hydrogen-bond acceptors (Lipinski definition) is 3. The number of fused-ring (bicyclic) bond motifs is 1. The average molecular weight is 231 g/mol. The molecular weight excluding hydrogens is 214 g/mol. The van der Waals surface area contributed by atoms with Crippen LogP contribution >= 0.6 is 0 Å². The summed E-state index contributed by atoms with van der Waals surface area (Å²) in [5, 5.41) is 12.7. The molecule has 3 nitrogen and oxygen atoms in total. The van der Waals surface area contributed by atoms with Crippen LogP contribution in [0.3, 0.4) is 0 Å². The summed E-state index contributed by atoms with van der Waals surface area (Å²) in [7, 11) is 1.60. The number of hydrogen-bond donors (Lipinski definition) is 1. The smallest absolute Gasteiger partial charge is 0.115 e. The van der Waals surface area contributed by atoms with Crippen molar-refractivity contribution in [3.05, 3.63) is 42.2 Å². The molecule has 3 heteroatoms. The Hall–Kier alpha value is -1.45. The number of benzene rings is 1. The normalized spacial score (nSPS) is 14.8. The van der Waals surface area contributed by atoms with Gasteiger partial charge in [-0.25, -0.2) is 0 Å². The van der Waals surface area contributed by atoms with Gasteiger partial charge in [0.1, 0.15) is 5.60 Å². The molecule has 90 valence electrons. The van der Waals surface area contributed by atoms with Gasteiger partial charge in [-0.3, -0.25) is 4.98 Å². The first-order valence-electron chi connectivity index (χ1n) is 5.76. The first-order valence-corrected chi connectivity index (χ1v) is 5.76. The Balaban J connectivity index is 2.61. The van der Waals surface area contributed by atoms with Gasteiger partial charge >= 0.3 is 0 Å². The van der Waals surface area contributed by atoms with Gasteiger partial charge in [0.2, 0.25) is 0 Å². The van der Waals surface area contributed by atoms with Crippen LogP contribution in [0.15, 0.2) is 36.7 Å². The summed E-state index contributed by atoms with van der Waals surface area (Å²) in [5.74, 6) is 0. The Kier molecular flexibility index (Phi) is 3.41. The molecule has 0 amide bonds. The Morgan fingerprint density at radius 1 is 1.29 bits per heavy atom. The zero-order chi connectivity index (χ0) is 12.3. The van der Waals surface area contributed by atoms with E-state index in [9.17, 15) is 5.11 Å². The van der Waals surface area contributed by atoms with E-state index in [-0.39, 0.29) is 6.61 Å². The second kappa shape index (κ2) is 4.82. The van der Waals surface area contributed by atoms with Crippen LogP contribution in [0, 0.1) is 0 Å². The number of nitrogens with zero attached hydrogens (tertiary/aromatic N) is 1. The number of methoxy groups -OCH3 is 1. The highest BCUT2D eigenvalue weighted by molar-refractivity contribution is 5.85. The van der Waals surface area contributed by atoms with Crippen molar-refractivity contribution in [2.75, 3.05) is 13.7 Å². The van der Waals surface area contributed by atoms with Crippen LogP contribution < -0.4 is 0 Å². The van der Waals surface area contributed by atoms with Crippen molar-refractivity contribution in [3.8, 4) is 0 Å². The molecule has 0 fully saturated rings. The summed E-state index contributed by atoms with van der Waals surface area (Å²) in [6.07, 6.45) is 4.13. The topological polar surface area (TPSA) is 42.4 Å². The lowest BCUT2D eigenvalue weighted by atomic mass is 9.89. The first-order chi connectivity index (χ1) is 8.21. The lowest BCUT2D eigenvalue weighted by Gasteiger charge is -2.27. The lowest BCUT2D eigenvalue weighted by molar-refractivity contribution is -0.0377. The van der Waals surface area contributed by atoms with Gasteiger partial charge in [0.05, 0.1) is 6.61 Å². The maximum absolute atomic E-state index is 10.6. The van der Waals surface area contributed by atoms with Crippen molar-refractivity contribution in [2.24, 2.45) is 0 Å². The molecule has 1 N–H and O–H groups in total. The van der Waals surface area contributed by atoms with Crippen LogP contribution in [-0.4, -0.2) is 23.8 Å². The van der Waals surface area contributed by atoms with Crippen molar-refractivity contribution < 1.29 is 9.84 Å². The van der Waals surface area contributed by atoms with Crippen LogP contribution in [0.1, 0.15) is 18.9 Å². The molecule has 0 saturated heterocycles. The molecule has 0 aliphatic rings. The van der Waals surface area contributed by atoms with E-state index in [1.807, 2.05) is 37.4 Å². The lowest BCUT2D eigenvalue weighted by Crippen LogP contribution is -2.30. The number of aromatic nitrogens is 1. The Bertz CT molecular complexity index is 507. The fourth-order valence-corrected chi connectivity index (χ4v) is 2.10. The third-order valence-electron chi connectivity index (χ3n) is 3.14. The number of pyridine rings is 1. The molecule has 1 aromatic carbocycles. The summed E-state index contributed by atoms with van der Waals surface area (Å²) >= 11 is 0. The van der Waals surface area contributed by atoms with E-state index in [4.69, 9.17) is 4.74 Å².